The second-order valence-electron chi connectivity index (χ2n) is 1.59. The Bertz CT molecular complexity index is 68.5. The quantitative estimate of drug-likeness (QED) is 0.688. The second-order valence-corrected chi connectivity index (χ2v) is 9.31. The normalized spacial score (nSPS) is 11.0. The van der Waals surface area contributed by atoms with Crippen LogP contribution in [0.2, 0.25) is 0 Å². The molecule has 0 aliphatic heterocycles. The summed E-state index contributed by atoms with van der Waals surface area (Å²) in [5.74, 6) is 0. The van der Waals surface area contributed by atoms with Gasteiger partial charge in [0.15, 0.2) is 0 Å². The summed E-state index contributed by atoms with van der Waals surface area (Å²) >= 11 is -0.948. The first kappa shape index (κ1) is 7.97. The zero-order valence-electron chi connectivity index (χ0n) is 4.87. The average Bonchev–Trinajstić information content (AvgIpc) is 1.68. The maximum atomic E-state index is 5.68. The third kappa shape index (κ3) is 4.83. The Morgan fingerprint density at radius 3 is 2.57 bits per heavy atom. The molecule has 0 unspecified atom stereocenters. The van der Waals surface area contributed by atoms with Crippen LogP contribution in [0.3, 0.4) is 0 Å². The molecule has 7 heavy (non-hydrogen) atoms. The van der Waals surface area contributed by atoms with Crippen molar-refractivity contribution in [2.75, 3.05) is 0 Å². The zero-order chi connectivity index (χ0) is 5.70. The molecular weight excluding hydrogens is 296 g/mol. The van der Waals surface area contributed by atoms with Crippen LogP contribution >= 0.6 is 8.25 Å². The molecule has 0 atom stereocenters. The van der Waals surface area contributed by atoms with Gasteiger partial charge in [-0.05, 0) is 0 Å². The van der Waals surface area contributed by atoms with Gasteiger partial charge >= 0.3 is 61.0 Å². The number of hydrogen-bond acceptors (Lipinski definition) is 0. The van der Waals surface area contributed by atoms with Crippen LogP contribution in [0.15, 0.2) is 9.16 Å². The van der Waals surface area contributed by atoms with E-state index in [-0.39, 0.29) is 0 Å². The molecule has 0 aromatic heterocycles. The fourth-order valence-corrected chi connectivity index (χ4v) is 2.91. The van der Waals surface area contributed by atoms with Crippen molar-refractivity contribution in [1.82, 2.24) is 0 Å². The first-order valence-corrected chi connectivity index (χ1v) is 12.0. The standard InChI is InChI=1S/C5H9.ClH.Hg/c1-3-5-4-2;;/h5H,3H2,1-2H3;1H;/q;;+1/p-1. The summed E-state index contributed by atoms with van der Waals surface area (Å²) in [6.07, 6.45) is 3.38. The molecule has 0 heterocycles. The van der Waals surface area contributed by atoms with E-state index in [1.807, 2.05) is 0 Å². The van der Waals surface area contributed by atoms with Gasteiger partial charge in [-0.1, -0.05) is 0 Å². The molecule has 0 saturated heterocycles. The molecule has 0 saturated carbocycles. The van der Waals surface area contributed by atoms with Crippen molar-refractivity contribution in [1.29, 1.82) is 0 Å². The third-order valence-corrected chi connectivity index (χ3v) is 7.22. The predicted molar refractivity (Wildman–Crippen MR) is 29.9 cm³/mol. The van der Waals surface area contributed by atoms with Gasteiger partial charge < -0.3 is 0 Å². The van der Waals surface area contributed by atoms with E-state index in [1.54, 1.807) is 0 Å². The Balaban J connectivity index is 3.29. The van der Waals surface area contributed by atoms with Crippen molar-refractivity contribution in [3.63, 3.8) is 0 Å². The van der Waals surface area contributed by atoms with Crippen molar-refractivity contribution in [2.45, 2.75) is 20.3 Å². The fourth-order valence-electron chi connectivity index (χ4n) is 0.403. The Kier molecular flexibility index (Phi) is 5.81. The number of rotatable bonds is 2. The molecular formula is C5H9ClHg. The van der Waals surface area contributed by atoms with Gasteiger partial charge in [-0.15, -0.1) is 0 Å². The first-order valence-electron chi connectivity index (χ1n) is 2.52. The maximum absolute atomic E-state index is 5.68. The van der Waals surface area contributed by atoms with Crippen LogP contribution in [0.5, 0.6) is 0 Å². The molecule has 0 aliphatic carbocycles. The molecule has 0 bridgehead atoms. The van der Waals surface area contributed by atoms with E-state index < -0.39 is 23.3 Å². The van der Waals surface area contributed by atoms with Gasteiger partial charge in [0.25, 0.3) is 0 Å². The van der Waals surface area contributed by atoms with Crippen molar-refractivity contribution < 1.29 is 23.3 Å². The monoisotopic (exact) mass is 306 g/mol. The molecule has 0 spiro atoms. The van der Waals surface area contributed by atoms with E-state index in [4.69, 9.17) is 8.25 Å². The van der Waals surface area contributed by atoms with Gasteiger partial charge in [0, 0.05) is 0 Å². The van der Waals surface area contributed by atoms with E-state index in [9.17, 15) is 0 Å². The number of halogens is 1. The summed E-state index contributed by atoms with van der Waals surface area (Å²) in [4.78, 5) is 0. The van der Waals surface area contributed by atoms with Crippen LogP contribution in [-0.2, 0) is 23.3 Å². The summed E-state index contributed by atoms with van der Waals surface area (Å²) in [6, 6.07) is 0. The molecule has 0 fully saturated rings. The van der Waals surface area contributed by atoms with Gasteiger partial charge in [-0.2, -0.15) is 0 Å². The van der Waals surface area contributed by atoms with E-state index >= 15 is 0 Å². The van der Waals surface area contributed by atoms with E-state index in [2.05, 4.69) is 19.9 Å². The van der Waals surface area contributed by atoms with Gasteiger partial charge in [0.2, 0.25) is 0 Å². The topological polar surface area (TPSA) is 0 Å². The molecule has 0 aromatic rings. The Morgan fingerprint density at radius 1 is 1.86 bits per heavy atom. The fraction of sp³-hybridized carbons (Fsp3) is 0.600. The van der Waals surface area contributed by atoms with Gasteiger partial charge in [0.05, 0.1) is 0 Å². The molecule has 0 aromatic carbocycles. The van der Waals surface area contributed by atoms with Crippen LogP contribution in [0.1, 0.15) is 20.3 Å². The molecule has 38 valence electrons. The first-order chi connectivity index (χ1) is 3.31. The number of hydrogen-bond donors (Lipinski definition) is 0. The molecule has 0 nitrogen and oxygen atoms in total. The summed E-state index contributed by atoms with van der Waals surface area (Å²) in [7, 11) is 5.68. The van der Waals surface area contributed by atoms with Crippen LogP contribution in [0.4, 0.5) is 0 Å². The average molecular weight is 305 g/mol. The summed E-state index contributed by atoms with van der Waals surface area (Å²) in [5, 5.41) is 0. The molecule has 0 N–H and O–H groups in total. The summed E-state index contributed by atoms with van der Waals surface area (Å²) < 4.78 is 1.49. The van der Waals surface area contributed by atoms with Gasteiger partial charge in [-0.3, -0.25) is 0 Å². The predicted octanol–water partition coefficient (Wildman–Crippen LogP) is 2.54. The Labute approximate surface area is 60.8 Å². The Morgan fingerprint density at radius 2 is 2.43 bits per heavy atom. The molecule has 0 amide bonds. The van der Waals surface area contributed by atoms with Crippen molar-refractivity contribution in [3.8, 4) is 0 Å². The zero-order valence-corrected chi connectivity index (χ0v) is 11.1. The second kappa shape index (κ2) is 5.11. The van der Waals surface area contributed by atoms with Crippen LogP contribution in [0.25, 0.3) is 0 Å². The minimum atomic E-state index is -0.948. The van der Waals surface area contributed by atoms with Gasteiger partial charge in [0.1, 0.15) is 0 Å². The van der Waals surface area contributed by atoms with Crippen molar-refractivity contribution in [2.24, 2.45) is 0 Å². The van der Waals surface area contributed by atoms with E-state index in [0.29, 0.717) is 0 Å². The van der Waals surface area contributed by atoms with Crippen LogP contribution in [-0.4, -0.2) is 0 Å². The van der Waals surface area contributed by atoms with Crippen molar-refractivity contribution >= 4 is 8.25 Å². The Hall–Kier alpha value is 0.965. The minimum absolute atomic E-state index is 0.948. The van der Waals surface area contributed by atoms with Crippen molar-refractivity contribution in [3.05, 3.63) is 9.16 Å². The van der Waals surface area contributed by atoms with Crippen LogP contribution in [0, 0.1) is 0 Å². The number of allylic oxidation sites excluding steroid dienone is 2. The third-order valence-electron chi connectivity index (χ3n) is 0.763. The molecule has 0 aliphatic rings. The summed E-state index contributed by atoms with van der Waals surface area (Å²) in [5.41, 5.74) is 0. The van der Waals surface area contributed by atoms with E-state index in [0.717, 1.165) is 6.42 Å². The van der Waals surface area contributed by atoms with E-state index in [1.165, 1.54) is 3.08 Å². The molecule has 0 rings (SSSR count). The summed E-state index contributed by atoms with van der Waals surface area (Å²) in [6.45, 7) is 4.28. The van der Waals surface area contributed by atoms with Crippen LogP contribution < -0.4 is 0 Å². The molecule has 2 heteroatoms. The SMILES string of the molecule is CC/C=[C](\C)[Hg][Cl]. The van der Waals surface area contributed by atoms with Gasteiger partial charge in [-0.25, -0.2) is 0 Å². The molecule has 0 radical (unpaired) electrons.